The molecule has 0 aliphatic heterocycles. The summed E-state index contributed by atoms with van der Waals surface area (Å²) in [6, 6.07) is 0. The Morgan fingerprint density at radius 3 is 2.37 bits per heavy atom. The molecule has 0 bridgehead atoms. The first-order valence-corrected chi connectivity index (χ1v) is 13.5. The molecule has 0 radical (unpaired) electrons. The molecule has 0 saturated heterocycles. The predicted octanol–water partition coefficient (Wildman–Crippen LogP) is 8.02. The lowest BCUT2D eigenvalue weighted by Gasteiger charge is -2.56. The summed E-state index contributed by atoms with van der Waals surface area (Å²) in [5, 5.41) is 10.5. The number of aliphatic hydroxyl groups excluding tert-OH is 1. The monoisotopic (exact) mass is 414 g/mol. The number of fused-ring (bicyclic) bond motifs is 4. The molecule has 1 heteroatoms. The SMILES string of the molecule is CC(C)[C@H](C)CC[C@@H](C)[C@H]1CC[C@H]2C3=C(CC[C@]12C)[C@@]1(C)CC[C@H](O)[C@@H](C)[C@@H]1CC3. The van der Waals surface area contributed by atoms with Gasteiger partial charge in [0.15, 0.2) is 0 Å². The van der Waals surface area contributed by atoms with Gasteiger partial charge in [-0.1, -0.05) is 72.5 Å². The maximum absolute atomic E-state index is 10.5. The van der Waals surface area contributed by atoms with Crippen molar-refractivity contribution in [3.8, 4) is 0 Å². The van der Waals surface area contributed by atoms with Crippen molar-refractivity contribution in [2.75, 3.05) is 0 Å². The second kappa shape index (κ2) is 8.24. The van der Waals surface area contributed by atoms with Crippen molar-refractivity contribution in [1.82, 2.24) is 0 Å². The second-order valence-corrected chi connectivity index (χ2v) is 13.0. The Labute approximate surface area is 187 Å². The van der Waals surface area contributed by atoms with Crippen molar-refractivity contribution in [2.24, 2.45) is 52.3 Å². The molecule has 0 aromatic heterocycles. The Morgan fingerprint density at radius 1 is 0.933 bits per heavy atom. The lowest BCUT2D eigenvalue weighted by atomic mass is 9.49. The smallest absolute Gasteiger partial charge is 0.0569 e. The molecule has 0 spiro atoms. The Morgan fingerprint density at radius 2 is 1.67 bits per heavy atom. The lowest BCUT2D eigenvalue weighted by molar-refractivity contribution is -0.0336. The first-order chi connectivity index (χ1) is 14.1. The fourth-order valence-electron chi connectivity index (χ4n) is 8.94. The molecule has 4 aliphatic carbocycles. The van der Waals surface area contributed by atoms with E-state index in [0.717, 1.165) is 36.0 Å². The van der Waals surface area contributed by atoms with Crippen LogP contribution >= 0.6 is 0 Å². The molecule has 2 saturated carbocycles. The van der Waals surface area contributed by atoms with Crippen LogP contribution in [0.5, 0.6) is 0 Å². The van der Waals surface area contributed by atoms with Crippen LogP contribution in [0.25, 0.3) is 0 Å². The number of hydrogen-bond acceptors (Lipinski definition) is 1. The summed E-state index contributed by atoms with van der Waals surface area (Å²) >= 11 is 0. The average Bonchev–Trinajstić information content (AvgIpc) is 3.06. The van der Waals surface area contributed by atoms with Crippen LogP contribution in [0.15, 0.2) is 11.1 Å². The van der Waals surface area contributed by atoms with E-state index in [0.29, 0.717) is 22.7 Å². The molecule has 0 aromatic carbocycles. The van der Waals surface area contributed by atoms with Crippen LogP contribution in [0.3, 0.4) is 0 Å². The van der Waals surface area contributed by atoms with Crippen molar-refractivity contribution in [2.45, 2.75) is 119 Å². The number of aliphatic hydroxyl groups is 1. The number of allylic oxidation sites excluding steroid dienone is 2. The quantitative estimate of drug-likeness (QED) is 0.451. The molecule has 0 unspecified atom stereocenters. The van der Waals surface area contributed by atoms with Gasteiger partial charge in [-0.2, -0.15) is 0 Å². The maximum Gasteiger partial charge on any atom is 0.0569 e. The van der Waals surface area contributed by atoms with Crippen LogP contribution in [0.2, 0.25) is 0 Å². The van der Waals surface area contributed by atoms with E-state index in [1.54, 1.807) is 0 Å². The summed E-state index contributed by atoms with van der Waals surface area (Å²) in [5.74, 6) is 5.52. The zero-order valence-electron chi connectivity index (χ0n) is 21.1. The molecule has 4 aliphatic rings. The molecule has 1 N–H and O–H groups in total. The van der Waals surface area contributed by atoms with E-state index in [1.807, 2.05) is 11.1 Å². The highest BCUT2D eigenvalue weighted by Gasteiger charge is 2.56. The van der Waals surface area contributed by atoms with Crippen LogP contribution in [-0.4, -0.2) is 11.2 Å². The van der Waals surface area contributed by atoms with Crippen LogP contribution < -0.4 is 0 Å². The molecule has 0 heterocycles. The van der Waals surface area contributed by atoms with Crippen molar-refractivity contribution in [3.05, 3.63) is 11.1 Å². The molecule has 0 amide bonds. The van der Waals surface area contributed by atoms with Gasteiger partial charge in [0.2, 0.25) is 0 Å². The Bertz CT molecular complexity index is 661. The molecule has 4 rings (SSSR count). The minimum absolute atomic E-state index is 0.0657. The highest BCUT2D eigenvalue weighted by molar-refractivity contribution is 5.34. The van der Waals surface area contributed by atoms with Crippen molar-refractivity contribution >= 4 is 0 Å². The fourth-order valence-corrected chi connectivity index (χ4v) is 8.94. The fraction of sp³-hybridized carbons (Fsp3) is 0.931. The Balaban J connectivity index is 1.54. The van der Waals surface area contributed by atoms with Crippen LogP contribution in [0.1, 0.15) is 113 Å². The Kier molecular flexibility index (Phi) is 6.28. The zero-order chi connectivity index (χ0) is 21.8. The van der Waals surface area contributed by atoms with Crippen molar-refractivity contribution in [1.29, 1.82) is 0 Å². The van der Waals surface area contributed by atoms with Gasteiger partial charge in [0.1, 0.15) is 0 Å². The van der Waals surface area contributed by atoms with Gasteiger partial charge in [0.25, 0.3) is 0 Å². The Hall–Kier alpha value is -0.300. The van der Waals surface area contributed by atoms with E-state index < -0.39 is 0 Å². The van der Waals surface area contributed by atoms with E-state index in [1.165, 1.54) is 57.8 Å². The van der Waals surface area contributed by atoms with E-state index in [-0.39, 0.29) is 6.10 Å². The highest BCUT2D eigenvalue weighted by atomic mass is 16.3. The molecule has 2 fully saturated rings. The number of hydrogen-bond donors (Lipinski definition) is 1. The third-order valence-electron chi connectivity index (χ3n) is 11.5. The summed E-state index contributed by atoms with van der Waals surface area (Å²) in [7, 11) is 0. The molecule has 172 valence electrons. The van der Waals surface area contributed by atoms with Gasteiger partial charge >= 0.3 is 0 Å². The van der Waals surface area contributed by atoms with Gasteiger partial charge in [-0.15, -0.1) is 0 Å². The van der Waals surface area contributed by atoms with Crippen molar-refractivity contribution in [3.63, 3.8) is 0 Å². The van der Waals surface area contributed by atoms with Gasteiger partial charge in [-0.05, 0) is 104 Å². The van der Waals surface area contributed by atoms with Crippen LogP contribution in [0, 0.1) is 52.3 Å². The van der Waals surface area contributed by atoms with Crippen LogP contribution in [-0.2, 0) is 0 Å². The lowest BCUT2D eigenvalue weighted by Crippen LogP contribution is -2.49. The van der Waals surface area contributed by atoms with Crippen LogP contribution in [0.4, 0.5) is 0 Å². The highest BCUT2D eigenvalue weighted by Crippen LogP contribution is 2.66. The van der Waals surface area contributed by atoms with Gasteiger partial charge < -0.3 is 5.11 Å². The minimum Gasteiger partial charge on any atom is -0.393 e. The summed E-state index contributed by atoms with van der Waals surface area (Å²) < 4.78 is 0. The second-order valence-electron chi connectivity index (χ2n) is 13.0. The third kappa shape index (κ3) is 3.54. The molecule has 9 atom stereocenters. The standard InChI is InChI=1S/C29H50O/c1-18(2)19(3)8-9-20(4)23-12-13-25-22-10-11-24-21(5)27(30)15-17-29(24,7)26(22)14-16-28(23,25)6/h18-21,23-25,27,30H,8-17H2,1-7H3/t19-,20-,21+,23-,24+,25+,27+,28-,29+/m1/s1. The van der Waals surface area contributed by atoms with E-state index >= 15 is 0 Å². The van der Waals surface area contributed by atoms with Gasteiger partial charge in [0.05, 0.1) is 6.10 Å². The molecule has 0 aromatic rings. The number of rotatable bonds is 5. The topological polar surface area (TPSA) is 20.2 Å². The first-order valence-electron chi connectivity index (χ1n) is 13.5. The first kappa shape index (κ1) is 22.9. The maximum atomic E-state index is 10.5. The molecular formula is C29H50O. The van der Waals surface area contributed by atoms with Gasteiger partial charge in [-0.25, -0.2) is 0 Å². The van der Waals surface area contributed by atoms with E-state index in [4.69, 9.17) is 0 Å². The molecule has 1 nitrogen and oxygen atoms in total. The zero-order valence-corrected chi connectivity index (χ0v) is 21.1. The summed E-state index contributed by atoms with van der Waals surface area (Å²) in [6.45, 7) is 17.4. The summed E-state index contributed by atoms with van der Waals surface area (Å²) in [5.41, 5.74) is 4.71. The van der Waals surface area contributed by atoms with E-state index in [9.17, 15) is 5.11 Å². The average molecular weight is 415 g/mol. The normalized spacial score (nSPS) is 45.7. The molecular weight excluding hydrogens is 364 g/mol. The summed E-state index contributed by atoms with van der Waals surface area (Å²) in [6.07, 6.45) is 13.3. The van der Waals surface area contributed by atoms with Gasteiger partial charge in [-0.3, -0.25) is 0 Å². The largest absolute Gasteiger partial charge is 0.393 e. The third-order valence-corrected chi connectivity index (χ3v) is 11.5. The molecule has 30 heavy (non-hydrogen) atoms. The van der Waals surface area contributed by atoms with Crippen molar-refractivity contribution < 1.29 is 5.11 Å². The minimum atomic E-state index is -0.0657. The summed E-state index contributed by atoms with van der Waals surface area (Å²) in [4.78, 5) is 0. The predicted molar refractivity (Wildman–Crippen MR) is 128 cm³/mol. The van der Waals surface area contributed by atoms with E-state index in [2.05, 4.69) is 48.5 Å². The van der Waals surface area contributed by atoms with Gasteiger partial charge in [0, 0.05) is 0 Å².